The molecule has 6 heteroatoms. The average molecular weight is 675 g/mol. The topological polar surface area (TPSA) is 81.1 Å². The van der Waals surface area contributed by atoms with Crippen LogP contribution in [0, 0.1) is 29.1 Å². The Balaban J connectivity index is 2.33. The molecule has 2 aromatic rings. The van der Waals surface area contributed by atoms with Crippen molar-refractivity contribution in [3.8, 4) is 0 Å². The molecule has 8 atom stereocenters. The lowest BCUT2D eigenvalue weighted by atomic mass is 9.38. The van der Waals surface area contributed by atoms with Gasteiger partial charge in [-0.05, 0) is 115 Å². The van der Waals surface area contributed by atoms with Crippen molar-refractivity contribution < 1.29 is 19.8 Å². The van der Waals surface area contributed by atoms with Crippen molar-refractivity contribution in [2.75, 3.05) is 14.1 Å². The van der Waals surface area contributed by atoms with Gasteiger partial charge in [0.2, 0.25) is 0 Å². The molecular formula is C43H66N2O4. The fraction of sp³-hybridized carbons (Fsp3) is 0.674. The predicted octanol–water partition coefficient (Wildman–Crippen LogP) is 9.17. The Morgan fingerprint density at radius 3 is 1.37 bits per heavy atom. The van der Waals surface area contributed by atoms with E-state index in [1.165, 1.54) is 0 Å². The highest BCUT2D eigenvalue weighted by Crippen LogP contribution is 2.67. The van der Waals surface area contributed by atoms with Crippen molar-refractivity contribution in [2.45, 2.75) is 142 Å². The fourth-order valence-electron chi connectivity index (χ4n) is 11.2. The summed E-state index contributed by atoms with van der Waals surface area (Å²) in [5.41, 5.74) is -2.97. The maximum Gasteiger partial charge on any atom is 0.322 e. The van der Waals surface area contributed by atoms with Gasteiger partial charge in [-0.3, -0.25) is 19.4 Å². The van der Waals surface area contributed by atoms with Crippen molar-refractivity contribution >= 4 is 11.9 Å². The van der Waals surface area contributed by atoms with Crippen LogP contribution in [0.1, 0.15) is 119 Å². The Kier molecular flexibility index (Phi) is 11.0. The summed E-state index contributed by atoms with van der Waals surface area (Å²) in [7, 11) is 4.46. The first-order chi connectivity index (χ1) is 22.9. The molecule has 2 heterocycles. The van der Waals surface area contributed by atoms with Crippen molar-refractivity contribution in [1.29, 1.82) is 0 Å². The zero-order chi connectivity index (χ0) is 36.8. The lowest BCUT2D eigenvalue weighted by Gasteiger charge is -2.70. The molecule has 0 spiro atoms. The van der Waals surface area contributed by atoms with E-state index in [0.717, 1.165) is 36.8 Å². The molecule has 0 aliphatic carbocycles. The second-order valence-corrected chi connectivity index (χ2v) is 16.9. The molecule has 4 rings (SSSR count). The minimum Gasteiger partial charge on any atom is -0.480 e. The molecule has 2 saturated heterocycles. The van der Waals surface area contributed by atoms with Gasteiger partial charge in [0.05, 0.1) is 0 Å². The molecule has 2 fully saturated rings. The molecule has 6 nitrogen and oxygen atoms in total. The van der Waals surface area contributed by atoms with E-state index in [-0.39, 0.29) is 52.2 Å². The third-order valence-electron chi connectivity index (χ3n) is 15.8. The Morgan fingerprint density at radius 1 is 0.673 bits per heavy atom. The number of carbonyl (C=O) groups is 2. The summed E-state index contributed by atoms with van der Waals surface area (Å²) < 4.78 is 0. The van der Waals surface area contributed by atoms with Gasteiger partial charge in [-0.2, -0.15) is 0 Å². The van der Waals surface area contributed by atoms with Crippen LogP contribution in [0.25, 0.3) is 0 Å². The zero-order valence-corrected chi connectivity index (χ0v) is 32.6. The van der Waals surface area contributed by atoms with Crippen LogP contribution in [0.15, 0.2) is 60.7 Å². The number of carboxylic acids is 2. The monoisotopic (exact) mass is 675 g/mol. The number of hydrogen-bond acceptors (Lipinski definition) is 4. The van der Waals surface area contributed by atoms with Crippen LogP contribution in [0.4, 0.5) is 0 Å². The molecule has 0 radical (unpaired) electrons. The first kappa shape index (κ1) is 39.1. The normalized spacial score (nSPS) is 35.8. The fourth-order valence-corrected chi connectivity index (χ4v) is 11.2. The third-order valence-corrected chi connectivity index (χ3v) is 15.8. The van der Waals surface area contributed by atoms with Gasteiger partial charge in [-0.1, -0.05) is 102 Å². The van der Waals surface area contributed by atoms with Crippen LogP contribution in [0.2, 0.25) is 0 Å². The number of benzene rings is 2. The summed E-state index contributed by atoms with van der Waals surface area (Å²) in [5, 5.41) is 23.9. The van der Waals surface area contributed by atoms with E-state index in [1.807, 2.05) is 48.5 Å². The summed E-state index contributed by atoms with van der Waals surface area (Å²) in [6.45, 7) is 22.8. The van der Waals surface area contributed by atoms with Crippen molar-refractivity contribution in [1.82, 2.24) is 9.80 Å². The molecule has 2 aliphatic heterocycles. The van der Waals surface area contributed by atoms with Crippen LogP contribution >= 0.6 is 0 Å². The Hall–Kier alpha value is -2.70. The van der Waals surface area contributed by atoms with E-state index in [4.69, 9.17) is 0 Å². The van der Waals surface area contributed by atoms with Gasteiger partial charge in [0.15, 0.2) is 5.41 Å². The van der Waals surface area contributed by atoms with Gasteiger partial charge < -0.3 is 10.2 Å². The Labute approximate surface area is 297 Å². The molecule has 2 aromatic carbocycles. The summed E-state index contributed by atoms with van der Waals surface area (Å²) in [5.74, 6) is -3.01. The van der Waals surface area contributed by atoms with Gasteiger partial charge in [0, 0.05) is 34.0 Å². The lowest BCUT2D eigenvalue weighted by Crippen LogP contribution is -2.76. The number of hydrogen-bond donors (Lipinski definition) is 2. The highest BCUT2D eigenvalue weighted by Gasteiger charge is 2.74. The third kappa shape index (κ3) is 5.59. The maximum absolute atomic E-state index is 14.6. The predicted molar refractivity (Wildman–Crippen MR) is 201 cm³/mol. The molecule has 0 saturated carbocycles. The molecule has 0 bridgehead atoms. The molecule has 49 heavy (non-hydrogen) atoms. The minimum absolute atomic E-state index is 0.0104. The van der Waals surface area contributed by atoms with E-state index < -0.39 is 22.8 Å². The highest BCUT2D eigenvalue weighted by atomic mass is 16.4. The molecular weight excluding hydrogens is 608 g/mol. The van der Waals surface area contributed by atoms with Crippen LogP contribution in [0.3, 0.4) is 0 Å². The number of likely N-dealkylation sites (tertiary alicyclic amines) is 2. The summed E-state index contributed by atoms with van der Waals surface area (Å²) in [6, 6.07) is 19.6. The van der Waals surface area contributed by atoms with E-state index in [2.05, 4.69) is 105 Å². The average Bonchev–Trinajstić information content (AvgIpc) is 3.10. The molecule has 8 unspecified atom stereocenters. The van der Waals surface area contributed by atoms with Crippen LogP contribution in [0.5, 0.6) is 0 Å². The maximum atomic E-state index is 14.6. The van der Waals surface area contributed by atoms with Crippen molar-refractivity contribution in [2.24, 2.45) is 29.1 Å². The standard InChI is InChI=1S/C43H66N2O4/c1-13-38(7)28-34(30(5)40(9,15-3)44(38)11)43(33-25-21-18-22-26-33,35-29-39(8,14-2)45(12)41(10,16-4)31(35)6)42(36(46)47,37(48)49)27-32-23-19-17-20-24-32/h17-26,30-31,34-35H,13-16,27-29H2,1-12H3,(H,46,47)(H,48,49). The number of carboxylic acid groups (broad SMARTS) is 2. The smallest absolute Gasteiger partial charge is 0.322 e. The SMILES string of the molecule is CCC1(C)CC(C(c2ccccc2)(C2CC(C)(CC)N(C)C(C)(CC)C2C)C(Cc2ccccc2)(C(=O)O)C(=O)O)C(C)C(C)(CC)N1C. The Bertz CT molecular complexity index is 1400. The highest BCUT2D eigenvalue weighted by molar-refractivity contribution is 6.01. The largest absolute Gasteiger partial charge is 0.480 e. The molecule has 2 aliphatic rings. The van der Waals surface area contributed by atoms with Gasteiger partial charge in [0.25, 0.3) is 0 Å². The number of piperidine rings is 2. The van der Waals surface area contributed by atoms with Crippen LogP contribution in [-0.2, 0) is 21.4 Å². The first-order valence-electron chi connectivity index (χ1n) is 18.9. The second kappa shape index (κ2) is 13.8. The van der Waals surface area contributed by atoms with E-state index in [9.17, 15) is 19.8 Å². The van der Waals surface area contributed by atoms with Gasteiger partial charge in [-0.15, -0.1) is 0 Å². The Morgan fingerprint density at radius 2 is 1.04 bits per heavy atom. The number of nitrogens with zero attached hydrogens (tertiary/aromatic N) is 2. The molecule has 2 N–H and O–H groups in total. The second-order valence-electron chi connectivity index (χ2n) is 16.9. The summed E-state index contributed by atoms with van der Waals surface area (Å²) >= 11 is 0. The summed E-state index contributed by atoms with van der Waals surface area (Å²) in [6.07, 6.45) is 4.80. The minimum atomic E-state index is -2.16. The van der Waals surface area contributed by atoms with Gasteiger partial charge in [0.1, 0.15) is 0 Å². The quantitative estimate of drug-likeness (QED) is 0.219. The number of aliphatic carboxylic acids is 2. The lowest BCUT2D eigenvalue weighted by molar-refractivity contribution is -0.206. The van der Waals surface area contributed by atoms with Crippen molar-refractivity contribution in [3.05, 3.63) is 71.8 Å². The van der Waals surface area contributed by atoms with Crippen molar-refractivity contribution in [3.63, 3.8) is 0 Å². The molecule has 0 amide bonds. The van der Waals surface area contributed by atoms with Crippen LogP contribution < -0.4 is 0 Å². The molecule has 272 valence electrons. The number of rotatable bonds is 12. The van der Waals surface area contributed by atoms with Gasteiger partial charge >= 0.3 is 11.9 Å². The zero-order valence-electron chi connectivity index (χ0n) is 32.6. The first-order valence-corrected chi connectivity index (χ1v) is 18.9. The van der Waals surface area contributed by atoms with E-state index in [0.29, 0.717) is 12.8 Å². The van der Waals surface area contributed by atoms with E-state index in [1.54, 1.807) is 0 Å². The van der Waals surface area contributed by atoms with Gasteiger partial charge in [-0.25, -0.2) is 0 Å². The summed E-state index contributed by atoms with van der Waals surface area (Å²) in [4.78, 5) is 34.4. The van der Waals surface area contributed by atoms with Crippen LogP contribution in [-0.4, -0.2) is 68.2 Å². The van der Waals surface area contributed by atoms with E-state index >= 15 is 0 Å². The molecule has 0 aromatic heterocycles.